The van der Waals surface area contributed by atoms with E-state index >= 15 is 0 Å². The molecule has 4 heteroatoms. The Morgan fingerprint density at radius 1 is 1.22 bits per heavy atom. The molecule has 0 bridgehead atoms. The first kappa shape index (κ1) is 10.9. The van der Waals surface area contributed by atoms with Gasteiger partial charge in [0.15, 0.2) is 0 Å². The molecule has 18 heavy (non-hydrogen) atoms. The molecule has 0 atom stereocenters. The molecule has 0 saturated heterocycles. The smallest absolute Gasteiger partial charge is 0.131 e. The van der Waals surface area contributed by atoms with Gasteiger partial charge < -0.3 is 10.1 Å². The van der Waals surface area contributed by atoms with Gasteiger partial charge in [-0.05, 0) is 23.8 Å². The molecule has 3 nitrogen and oxygen atoms in total. The zero-order valence-electron chi connectivity index (χ0n) is 9.68. The van der Waals surface area contributed by atoms with E-state index in [0.29, 0.717) is 12.1 Å². The van der Waals surface area contributed by atoms with Crippen LogP contribution in [0.25, 0.3) is 16.6 Å². The summed E-state index contributed by atoms with van der Waals surface area (Å²) in [7, 11) is 0. The third-order valence-electron chi connectivity index (χ3n) is 2.98. The largest absolute Gasteiger partial charge is 0.324 e. The summed E-state index contributed by atoms with van der Waals surface area (Å²) in [6.45, 7) is 0.382. The Labute approximate surface area is 104 Å². The van der Waals surface area contributed by atoms with Gasteiger partial charge in [0.25, 0.3) is 0 Å². The number of pyridine rings is 1. The van der Waals surface area contributed by atoms with Crippen molar-refractivity contribution < 1.29 is 4.39 Å². The van der Waals surface area contributed by atoms with E-state index in [1.807, 2.05) is 28.8 Å². The van der Waals surface area contributed by atoms with E-state index in [0.717, 1.165) is 16.9 Å². The number of nitrogens with zero attached hydrogens (tertiary/aromatic N) is 2. The van der Waals surface area contributed by atoms with E-state index < -0.39 is 0 Å². The molecule has 0 saturated carbocycles. The number of rotatable bonds is 2. The number of hydrogen-bond donors (Lipinski definition) is 1. The number of aromatic nitrogens is 2. The number of fused-ring (bicyclic) bond motifs is 1. The van der Waals surface area contributed by atoms with Gasteiger partial charge in [0.2, 0.25) is 0 Å². The van der Waals surface area contributed by atoms with Gasteiger partial charge in [0.05, 0.1) is 18.3 Å². The van der Waals surface area contributed by atoms with Crippen molar-refractivity contribution in [2.45, 2.75) is 6.54 Å². The van der Waals surface area contributed by atoms with Gasteiger partial charge in [-0.1, -0.05) is 18.2 Å². The first-order valence-corrected chi connectivity index (χ1v) is 5.70. The first-order chi connectivity index (χ1) is 8.79. The second kappa shape index (κ2) is 4.23. The molecule has 90 valence electrons. The van der Waals surface area contributed by atoms with Crippen LogP contribution in [0.1, 0.15) is 5.82 Å². The summed E-state index contributed by atoms with van der Waals surface area (Å²) in [5.41, 5.74) is 7.93. The van der Waals surface area contributed by atoms with Crippen molar-refractivity contribution in [1.29, 1.82) is 0 Å². The SMILES string of the molecule is NCc1ncc2cc(-c3ccccc3F)ccn12. The number of halogens is 1. The lowest BCUT2D eigenvalue weighted by atomic mass is 10.1. The van der Waals surface area contributed by atoms with Gasteiger partial charge in [0, 0.05) is 11.8 Å². The average Bonchev–Trinajstić information content (AvgIpc) is 2.81. The van der Waals surface area contributed by atoms with Gasteiger partial charge in [-0.3, -0.25) is 0 Å². The number of nitrogens with two attached hydrogens (primary N) is 1. The van der Waals surface area contributed by atoms with Crippen LogP contribution < -0.4 is 5.73 Å². The zero-order chi connectivity index (χ0) is 12.5. The van der Waals surface area contributed by atoms with E-state index in [1.54, 1.807) is 18.3 Å². The molecular weight excluding hydrogens is 229 g/mol. The van der Waals surface area contributed by atoms with E-state index in [9.17, 15) is 4.39 Å². The molecular formula is C14H12FN3. The lowest BCUT2D eigenvalue weighted by molar-refractivity contribution is 0.631. The fourth-order valence-corrected chi connectivity index (χ4v) is 2.07. The van der Waals surface area contributed by atoms with Crippen LogP contribution in [0.2, 0.25) is 0 Å². The highest BCUT2D eigenvalue weighted by atomic mass is 19.1. The summed E-state index contributed by atoms with van der Waals surface area (Å²) in [6.07, 6.45) is 3.61. The lowest BCUT2D eigenvalue weighted by Gasteiger charge is -2.05. The maximum absolute atomic E-state index is 13.7. The second-order valence-corrected chi connectivity index (χ2v) is 4.07. The third-order valence-corrected chi connectivity index (χ3v) is 2.98. The Morgan fingerprint density at radius 2 is 2.06 bits per heavy atom. The monoisotopic (exact) mass is 241 g/mol. The summed E-state index contributed by atoms with van der Waals surface area (Å²) in [6, 6.07) is 10.5. The van der Waals surface area contributed by atoms with Crippen LogP contribution in [0, 0.1) is 5.82 Å². The summed E-state index contributed by atoms with van der Waals surface area (Å²) < 4.78 is 15.6. The van der Waals surface area contributed by atoms with Crippen LogP contribution in [0.4, 0.5) is 4.39 Å². The summed E-state index contributed by atoms with van der Waals surface area (Å²) in [4.78, 5) is 4.22. The van der Waals surface area contributed by atoms with Gasteiger partial charge in [-0.25, -0.2) is 9.37 Å². The molecule has 0 unspecified atom stereocenters. The quantitative estimate of drug-likeness (QED) is 0.749. The molecule has 0 aliphatic rings. The Balaban J connectivity index is 2.17. The van der Waals surface area contributed by atoms with E-state index in [4.69, 9.17) is 5.73 Å². The van der Waals surface area contributed by atoms with Gasteiger partial charge in [0.1, 0.15) is 11.6 Å². The van der Waals surface area contributed by atoms with Gasteiger partial charge in [-0.2, -0.15) is 0 Å². The minimum Gasteiger partial charge on any atom is -0.324 e. The van der Waals surface area contributed by atoms with Crippen molar-refractivity contribution in [3.8, 4) is 11.1 Å². The van der Waals surface area contributed by atoms with Crippen LogP contribution in [0.5, 0.6) is 0 Å². The van der Waals surface area contributed by atoms with E-state index in [-0.39, 0.29) is 5.82 Å². The standard InChI is InChI=1S/C14H12FN3/c15-13-4-2-1-3-12(13)10-5-6-18-11(7-10)9-17-14(18)8-16/h1-7,9H,8,16H2. The maximum atomic E-state index is 13.7. The minimum atomic E-state index is -0.222. The van der Waals surface area contributed by atoms with Crippen molar-refractivity contribution in [3.05, 3.63) is 60.4 Å². The Bertz CT molecular complexity index is 703. The summed E-state index contributed by atoms with van der Waals surface area (Å²) in [5.74, 6) is 0.575. The fraction of sp³-hybridized carbons (Fsp3) is 0.0714. The van der Waals surface area contributed by atoms with Crippen LogP contribution in [0.3, 0.4) is 0 Å². The Kier molecular flexibility index (Phi) is 2.57. The predicted molar refractivity (Wildman–Crippen MR) is 68.5 cm³/mol. The number of benzene rings is 1. The molecule has 0 fully saturated rings. The summed E-state index contributed by atoms with van der Waals surface area (Å²) >= 11 is 0. The molecule has 0 aliphatic heterocycles. The highest BCUT2D eigenvalue weighted by molar-refractivity contribution is 5.69. The Hall–Kier alpha value is -2.20. The highest BCUT2D eigenvalue weighted by Gasteiger charge is 2.06. The van der Waals surface area contributed by atoms with Gasteiger partial charge >= 0.3 is 0 Å². The topological polar surface area (TPSA) is 43.3 Å². The van der Waals surface area contributed by atoms with Crippen LogP contribution >= 0.6 is 0 Å². The van der Waals surface area contributed by atoms with Crippen molar-refractivity contribution in [2.75, 3.05) is 0 Å². The van der Waals surface area contributed by atoms with E-state index in [1.165, 1.54) is 6.07 Å². The second-order valence-electron chi connectivity index (χ2n) is 4.07. The predicted octanol–water partition coefficient (Wildman–Crippen LogP) is 2.60. The van der Waals surface area contributed by atoms with Crippen molar-refractivity contribution in [3.63, 3.8) is 0 Å². The van der Waals surface area contributed by atoms with Gasteiger partial charge in [-0.15, -0.1) is 0 Å². The van der Waals surface area contributed by atoms with Crippen LogP contribution in [-0.2, 0) is 6.54 Å². The Morgan fingerprint density at radius 3 is 2.83 bits per heavy atom. The summed E-state index contributed by atoms with van der Waals surface area (Å²) in [5, 5.41) is 0. The normalized spacial score (nSPS) is 11.0. The molecule has 3 aromatic rings. The van der Waals surface area contributed by atoms with Crippen molar-refractivity contribution in [1.82, 2.24) is 9.38 Å². The average molecular weight is 241 g/mol. The first-order valence-electron chi connectivity index (χ1n) is 5.70. The molecule has 0 aliphatic carbocycles. The lowest BCUT2D eigenvalue weighted by Crippen LogP contribution is -2.02. The molecule has 2 heterocycles. The molecule has 2 aromatic heterocycles. The molecule has 0 amide bonds. The van der Waals surface area contributed by atoms with Crippen molar-refractivity contribution >= 4 is 5.52 Å². The number of hydrogen-bond acceptors (Lipinski definition) is 2. The fourth-order valence-electron chi connectivity index (χ4n) is 2.07. The number of imidazole rings is 1. The molecule has 2 N–H and O–H groups in total. The molecule has 0 spiro atoms. The van der Waals surface area contributed by atoms with Crippen molar-refractivity contribution in [2.24, 2.45) is 5.73 Å². The third kappa shape index (κ3) is 1.67. The molecule has 1 aromatic carbocycles. The molecule has 3 rings (SSSR count). The molecule has 0 radical (unpaired) electrons. The van der Waals surface area contributed by atoms with Crippen LogP contribution in [-0.4, -0.2) is 9.38 Å². The maximum Gasteiger partial charge on any atom is 0.131 e. The minimum absolute atomic E-state index is 0.222. The van der Waals surface area contributed by atoms with E-state index in [2.05, 4.69) is 4.98 Å². The van der Waals surface area contributed by atoms with Crippen LogP contribution in [0.15, 0.2) is 48.8 Å². The zero-order valence-corrected chi connectivity index (χ0v) is 9.68. The highest BCUT2D eigenvalue weighted by Crippen LogP contribution is 2.24.